The average Bonchev–Trinajstić information content (AvgIpc) is 3.08. The van der Waals surface area contributed by atoms with E-state index in [4.69, 9.17) is 9.47 Å². The van der Waals surface area contributed by atoms with Crippen LogP contribution in [0.3, 0.4) is 0 Å². The third-order valence-corrected chi connectivity index (χ3v) is 10.2. The number of carbonyl (C=O) groups is 2. The number of ether oxygens (including phenoxy) is 2. The lowest BCUT2D eigenvalue weighted by molar-refractivity contribution is -0.123. The lowest BCUT2D eigenvalue weighted by Gasteiger charge is -2.31. The minimum absolute atomic E-state index is 0.0450. The number of rotatable bonds is 16. The Morgan fingerprint density at radius 2 is 1.70 bits per heavy atom. The molecule has 0 aliphatic carbocycles. The van der Waals surface area contributed by atoms with Crippen LogP contribution in [0.1, 0.15) is 38.7 Å². The zero-order valence-electron chi connectivity index (χ0n) is 27.6. The molecule has 3 amide bonds. The van der Waals surface area contributed by atoms with Gasteiger partial charge in [0.2, 0.25) is 15.9 Å². The lowest BCUT2D eigenvalue weighted by Crippen LogP contribution is -2.54. The maximum atomic E-state index is 13.6. The number of hydrogen-bond donors (Lipinski definition) is 3. The van der Waals surface area contributed by atoms with Gasteiger partial charge in [0.15, 0.2) is 0 Å². The van der Waals surface area contributed by atoms with Crippen molar-refractivity contribution in [3.8, 4) is 5.75 Å². The smallest absolute Gasteiger partial charge is 0.318 e. The predicted octanol–water partition coefficient (Wildman–Crippen LogP) is 3.80. The molecular formula is C35H48N4O7S. The van der Waals surface area contributed by atoms with Crippen LogP contribution in [0.4, 0.5) is 4.79 Å². The number of unbranched alkanes of at least 4 members (excludes halogenated alkanes) is 1. The van der Waals surface area contributed by atoms with Crippen molar-refractivity contribution in [3.63, 3.8) is 0 Å². The molecule has 1 aliphatic heterocycles. The first-order valence-electron chi connectivity index (χ1n) is 16.3. The molecule has 0 aromatic heterocycles. The molecule has 3 aromatic rings. The van der Waals surface area contributed by atoms with Gasteiger partial charge >= 0.3 is 6.03 Å². The summed E-state index contributed by atoms with van der Waals surface area (Å²) < 4.78 is 39.2. The number of benzene rings is 3. The van der Waals surface area contributed by atoms with Crippen molar-refractivity contribution in [1.82, 2.24) is 19.8 Å². The Hall–Kier alpha value is -3.71. The van der Waals surface area contributed by atoms with Gasteiger partial charge in [-0.2, -0.15) is 4.31 Å². The quantitative estimate of drug-likeness (QED) is 0.198. The number of urea groups is 1. The van der Waals surface area contributed by atoms with Crippen LogP contribution in [-0.4, -0.2) is 99.9 Å². The molecule has 0 unspecified atom stereocenters. The van der Waals surface area contributed by atoms with Gasteiger partial charge in [-0.3, -0.25) is 4.79 Å². The number of sulfonamides is 1. The molecule has 0 saturated carbocycles. The Labute approximate surface area is 278 Å². The number of methoxy groups -OCH3 is 1. The van der Waals surface area contributed by atoms with Gasteiger partial charge in [-0.05, 0) is 59.4 Å². The molecule has 2 atom stereocenters. The molecule has 1 heterocycles. The zero-order chi connectivity index (χ0) is 33.8. The highest BCUT2D eigenvalue weighted by Gasteiger charge is 2.32. The summed E-state index contributed by atoms with van der Waals surface area (Å²) in [4.78, 5) is 28.3. The second-order valence-electron chi connectivity index (χ2n) is 12.3. The highest BCUT2D eigenvalue weighted by atomic mass is 32.2. The maximum Gasteiger partial charge on any atom is 0.318 e. The Balaban J connectivity index is 1.37. The highest BCUT2D eigenvalue weighted by molar-refractivity contribution is 7.89. The van der Waals surface area contributed by atoms with Gasteiger partial charge in [-0.15, -0.1) is 0 Å². The summed E-state index contributed by atoms with van der Waals surface area (Å²) in [7, 11) is -2.35. The van der Waals surface area contributed by atoms with Crippen molar-refractivity contribution >= 4 is 32.7 Å². The average molecular weight is 669 g/mol. The van der Waals surface area contributed by atoms with E-state index in [9.17, 15) is 23.1 Å². The Bertz CT molecular complexity index is 1560. The van der Waals surface area contributed by atoms with E-state index in [1.807, 2.05) is 56.3 Å². The fourth-order valence-electron chi connectivity index (χ4n) is 5.67. The molecule has 1 aliphatic rings. The van der Waals surface area contributed by atoms with Crippen molar-refractivity contribution in [1.29, 1.82) is 0 Å². The Morgan fingerprint density at radius 3 is 2.36 bits per heavy atom. The van der Waals surface area contributed by atoms with Crippen molar-refractivity contribution in [2.24, 2.45) is 5.92 Å². The number of morpholine rings is 1. The molecule has 1 saturated heterocycles. The molecule has 3 N–H and O–H groups in total. The lowest BCUT2D eigenvalue weighted by atomic mass is 10.0. The summed E-state index contributed by atoms with van der Waals surface area (Å²) in [5.74, 6) is 0.311. The largest absolute Gasteiger partial charge is 0.497 e. The minimum atomic E-state index is -3.87. The first-order valence-corrected chi connectivity index (χ1v) is 17.7. The number of hydrogen-bond acceptors (Lipinski definition) is 7. The fourth-order valence-corrected chi connectivity index (χ4v) is 7.48. The number of amides is 3. The van der Waals surface area contributed by atoms with Crippen LogP contribution in [-0.2, 0) is 26.0 Å². The predicted molar refractivity (Wildman–Crippen MR) is 182 cm³/mol. The first-order chi connectivity index (χ1) is 22.6. The number of aliphatic hydroxyl groups excluding tert-OH is 1. The third-order valence-electron chi connectivity index (χ3n) is 8.26. The zero-order valence-corrected chi connectivity index (χ0v) is 28.4. The highest BCUT2D eigenvalue weighted by Crippen LogP contribution is 2.24. The fraction of sp³-hybridized carbons (Fsp3) is 0.486. The van der Waals surface area contributed by atoms with Crippen LogP contribution in [0.15, 0.2) is 71.6 Å². The molecule has 4 rings (SSSR count). The van der Waals surface area contributed by atoms with E-state index in [0.717, 1.165) is 16.3 Å². The van der Waals surface area contributed by atoms with Gasteiger partial charge in [0.05, 0.1) is 31.8 Å². The monoisotopic (exact) mass is 668 g/mol. The molecule has 3 aromatic carbocycles. The summed E-state index contributed by atoms with van der Waals surface area (Å²) in [5, 5.41) is 18.3. The van der Waals surface area contributed by atoms with E-state index >= 15 is 0 Å². The van der Waals surface area contributed by atoms with Gasteiger partial charge in [0, 0.05) is 38.6 Å². The Kier molecular flexibility index (Phi) is 13.4. The molecule has 1 fully saturated rings. The van der Waals surface area contributed by atoms with Gasteiger partial charge in [-0.1, -0.05) is 62.7 Å². The van der Waals surface area contributed by atoms with Gasteiger partial charge < -0.3 is 30.1 Å². The third kappa shape index (κ3) is 10.1. The van der Waals surface area contributed by atoms with Gasteiger partial charge in [0.1, 0.15) is 11.8 Å². The second-order valence-corrected chi connectivity index (χ2v) is 14.1. The topological polar surface area (TPSA) is 138 Å². The molecule has 12 heteroatoms. The summed E-state index contributed by atoms with van der Waals surface area (Å²) >= 11 is 0. The van der Waals surface area contributed by atoms with Crippen LogP contribution < -0.4 is 15.4 Å². The van der Waals surface area contributed by atoms with E-state index < -0.39 is 22.1 Å². The van der Waals surface area contributed by atoms with E-state index in [-0.39, 0.29) is 35.9 Å². The molecule has 11 nitrogen and oxygen atoms in total. The molecule has 0 radical (unpaired) electrons. The second kappa shape index (κ2) is 17.4. The van der Waals surface area contributed by atoms with Crippen LogP contribution in [0.2, 0.25) is 0 Å². The number of nitrogens with one attached hydrogen (secondary N) is 2. The maximum absolute atomic E-state index is 13.6. The number of fused-ring (bicyclic) bond motifs is 1. The summed E-state index contributed by atoms with van der Waals surface area (Å²) in [6.45, 7) is 5.99. The van der Waals surface area contributed by atoms with E-state index in [1.165, 1.54) is 23.5 Å². The van der Waals surface area contributed by atoms with Crippen molar-refractivity contribution in [3.05, 3.63) is 72.3 Å². The van der Waals surface area contributed by atoms with Crippen molar-refractivity contribution < 1.29 is 32.6 Å². The molecular weight excluding hydrogens is 620 g/mol. The van der Waals surface area contributed by atoms with E-state index in [1.54, 1.807) is 17.0 Å². The van der Waals surface area contributed by atoms with Crippen molar-refractivity contribution in [2.75, 3.05) is 53.1 Å². The van der Waals surface area contributed by atoms with Crippen LogP contribution in [0.5, 0.6) is 5.75 Å². The summed E-state index contributed by atoms with van der Waals surface area (Å²) in [6.07, 6.45) is 1.89. The summed E-state index contributed by atoms with van der Waals surface area (Å²) in [6, 6.07) is 18.5. The summed E-state index contributed by atoms with van der Waals surface area (Å²) in [5.41, 5.74) is 0.931. The van der Waals surface area contributed by atoms with Gasteiger partial charge in [0.25, 0.3) is 0 Å². The SMILES string of the molecule is COc1ccc(S(=O)(=O)N(CC(C)C)[C@H](CO)CCCCNC(=O)[C@H](Cc2ccc3ccccc3c2)NC(=O)N2CCOCC2)cc1. The Morgan fingerprint density at radius 1 is 1.00 bits per heavy atom. The van der Waals surface area contributed by atoms with E-state index in [2.05, 4.69) is 10.6 Å². The molecule has 256 valence electrons. The van der Waals surface area contributed by atoms with Gasteiger partial charge in [-0.25, -0.2) is 13.2 Å². The number of nitrogens with zero attached hydrogens (tertiary/aromatic N) is 2. The number of carbonyl (C=O) groups excluding carboxylic acids is 2. The van der Waals surface area contributed by atoms with Crippen LogP contribution in [0.25, 0.3) is 10.8 Å². The minimum Gasteiger partial charge on any atom is -0.497 e. The molecule has 47 heavy (non-hydrogen) atoms. The number of aliphatic hydroxyl groups is 1. The van der Waals surface area contributed by atoms with E-state index in [0.29, 0.717) is 64.3 Å². The van der Waals surface area contributed by atoms with Crippen LogP contribution in [0, 0.1) is 5.92 Å². The molecule has 0 bridgehead atoms. The van der Waals surface area contributed by atoms with Crippen LogP contribution >= 0.6 is 0 Å². The normalized spacial score (nSPS) is 15.1. The molecule has 0 spiro atoms. The standard InChI is InChI=1S/C35H48N4O7S/c1-26(2)24-39(47(43,44)32-15-13-31(45-3)14-16-32)30(25-40)10-6-7-17-36-34(41)33(37-35(42)38-18-20-46-21-19-38)23-27-11-12-28-8-4-5-9-29(28)22-27/h4-5,8-9,11-16,22,26,30,33,40H,6-7,10,17-21,23-25H2,1-3H3,(H,36,41)(H,37,42)/t30-,33-/m0/s1. The first kappa shape index (κ1) is 36.1. The van der Waals surface area contributed by atoms with Crippen molar-refractivity contribution in [2.45, 2.75) is 56.5 Å².